The molecular formula is C13H11N5S2. The molecule has 7 heteroatoms. The van der Waals surface area contributed by atoms with Gasteiger partial charge in [-0.3, -0.25) is 4.98 Å². The second-order valence-corrected chi connectivity index (χ2v) is 5.68. The first kappa shape index (κ1) is 13.1. The number of rotatable bonds is 4. The summed E-state index contributed by atoms with van der Waals surface area (Å²) in [6.07, 6.45) is 1.74. The van der Waals surface area contributed by atoms with Gasteiger partial charge in [-0.15, -0.1) is 5.10 Å². The Labute approximate surface area is 124 Å². The zero-order valence-corrected chi connectivity index (χ0v) is 12.4. The van der Waals surface area contributed by atoms with E-state index in [4.69, 9.17) is 0 Å². The highest BCUT2D eigenvalue weighted by atomic mass is 32.2. The maximum Gasteiger partial charge on any atom is 0.179 e. The smallest absolute Gasteiger partial charge is 0.179 e. The quantitative estimate of drug-likeness (QED) is 0.545. The monoisotopic (exact) mass is 301 g/mol. The van der Waals surface area contributed by atoms with Crippen LogP contribution in [-0.4, -0.2) is 24.5 Å². The maximum absolute atomic E-state index is 4.55. The number of nitrogens with zero attached hydrogens (tertiary/aromatic N) is 5. The third kappa shape index (κ3) is 3.17. The number of hydrogen-bond donors (Lipinski definition) is 0. The van der Waals surface area contributed by atoms with Crippen molar-refractivity contribution in [2.45, 2.75) is 17.7 Å². The highest BCUT2D eigenvalue weighted by Gasteiger charge is 2.07. The van der Waals surface area contributed by atoms with Gasteiger partial charge in [0.2, 0.25) is 0 Å². The standard InChI is InChI=1S/C13H11N5S2/c1-9-6-12(19-7-10-8-20-18-17-10)16-13(15-9)11-4-2-3-5-14-11/h2-6,8H,7H2,1H3. The lowest BCUT2D eigenvalue weighted by Gasteiger charge is -2.04. The Morgan fingerprint density at radius 3 is 2.95 bits per heavy atom. The van der Waals surface area contributed by atoms with E-state index in [9.17, 15) is 0 Å². The van der Waals surface area contributed by atoms with Crippen molar-refractivity contribution >= 4 is 23.3 Å². The lowest BCUT2D eigenvalue weighted by atomic mass is 10.3. The van der Waals surface area contributed by atoms with Gasteiger partial charge in [-0.1, -0.05) is 22.3 Å². The Kier molecular flexibility index (Phi) is 3.98. The predicted octanol–water partition coefficient (Wildman–Crippen LogP) is 2.99. The van der Waals surface area contributed by atoms with Crippen LogP contribution in [0.4, 0.5) is 0 Å². The van der Waals surface area contributed by atoms with Gasteiger partial charge >= 0.3 is 0 Å². The molecule has 0 aliphatic rings. The second kappa shape index (κ2) is 6.06. The Balaban J connectivity index is 1.83. The van der Waals surface area contributed by atoms with Crippen molar-refractivity contribution in [2.75, 3.05) is 0 Å². The van der Waals surface area contributed by atoms with Crippen LogP contribution in [-0.2, 0) is 5.75 Å². The van der Waals surface area contributed by atoms with E-state index in [1.54, 1.807) is 18.0 Å². The van der Waals surface area contributed by atoms with Gasteiger partial charge in [0.1, 0.15) is 10.7 Å². The lowest BCUT2D eigenvalue weighted by Crippen LogP contribution is -1.95. The number of hydrogen-bond acceptors (Lipinski definition) is 7. The first-order chi connectivity index (χ1) is 9.81. The van der Waals surface area contributed by atoms with E-state index >= 15 is 0 Å². The molecule has 0 bridgehead atoms. The fourth-order valence-electron chi connectivity index (χ4n) is 1.62. The molecule has 0 aliphatic heterocycles. The number of pyridine rings is 1. The molecule has 0 aromatic carbocycles. The first-order valence-corrected chi connectivity index (χ1v) is 7.79. The lowest BCUT2D eigenvalue weighted by molar-refractivity contribution is 1.00. The molecule has 0 saturated heterocycles. The molecule has 3 heterocycles. The average molecular weight is 301 g/mol. The Bertz CT molecular complexity index is 685. The molecule has 0 amide bonds. The van der Waals surface area contributed by atoms with Crippen LogP contribution >= 0.6 is 23.3 Å². The average Bonchev–Trinajstić information content (AvgIpc) is 2.99. The van der Waals surface area contributed by atoms with E-state index in [1.165, 1.54) is 11.5 Å². The molecule has 0 atom stereocenters. The van der Waals surface area contributed by atoms with E-state index < -0.39 is 0 Å². The van der Waals surface area contributed by atoms with Crippen LogP contribution in [0.5, 0.6) is 0 Å². The largest absolute Gasteiger partial charge is 0.253 e. The van der Waals surface area contributed by atoms with Gasteiger partial charge in [0.05, 0.1) is 5.69 Å². The fraction of sp³-hybridized carbons (Fsp3) is 0.154. The van der Waals surface area contributed by atoms with Crippen molar-refractivity contribution < 1.29 is 0 Å². The molecule has 0 radical (unpaired) electrons. The van der Waals surface area contributed by atoms with Crippen LogP contribution in [0, 0.1) is 6.92 Å². The topological polar surface area (TPSA) is 64.5 Å². The van der Waals surface area contributed by atoms with Crippen molar-refractivity contribution in [2.24, 2.45) is 0 Å². The van der Waals surface area contributed by atoms with Crippen LogP contribution in [0.3, 0.4) is 0 Å². The zero-order valence-electron chi connectivity index (χ0n) is 10.7. The van der Waals surface area contributed by atoms with Gasteiger partial charge in [-0.25, -0.2) is 9.97 Å². The molecule has 3 aromatic heterocycles. The summed E-state index contributed by atoms with van der Waals surface area (Å²) in [7, 11) is 0. The van der Waals surface area contributed by atoms with E-state index in [1.807, 2.05) is 36.6 Å². The molecular weight excluding hydrogens is 290 g/mol. The van der Waals surface area contributed by atoms with Crippen LogP contribution in [0.15, 0.2) is 40.9 Å². The minimum absolute atomic E-state index is 0.657. The molecule has 20 heavy (non-hydrogen) atoms. The molecule has 0 unspecified atom stereocenters. The number of aryl methyl sites for hydroxylation is 1. The van der Waals surface area contributed by atoms with Crippen LogP contribution in [0.1, 0.15) is 11.4 Å². The summed E-state index contributed by atoms with van der Waals surface area (Å²) in [6.45, 7) is 1.96. The maximum atomic E-state index is 4.55. The van der Waals surface area contributed by atoms with Gasteiger partial charge in [0.25, 0.3) is 0 Å². The number of aromatic nitrogens is 5. The van der Waals surface area contributed by atoms with Crippen molar-refractivity contribution in [1.82, 2.24) is 24.5 Å². The summed E-state index contributed by atoms with van der Waals surface area (Å²) in [5.74, 6) is 1.42. The van der Waals surface area contributed by atoms with Crippen LogP contribution < -0.4 is 0 Å². The predicted molar refractivity (Wildman–Crippen MR) is 79.5 cm³/mol. The molecule has 0 saturated carbocycles. The molecule has 0 N–H and O–H groups in total. The summed E-state index contributed by atoms with van der Waals surface area (Å²) in [5.41, 5.74) is 2.68. The van der Waals surface area contributed by atoms with Crippen molar-refractivity contribution in [3.63, 3.8) is 0 Å². The van der Waals surface area contributed by atoms with Crippen molar-refractivity contribution in [1.29, 1.82) is 0 Å². The Hall–Kier alpha value is -1.86. The normalized spacial score (nSPS) is 10.7. The van der Waals surface area contributed by atoms with Crippen LogP contribution in [0.25, 0.3) is 11.5 Å². The Morgan fingerprint density at radius 2 is 2.20 bits per heavy atom. The minimum atomic E-state index is 0.657. The zero-order chi connectivity index (χ0) is 13.8. The third-order valence-corrected chi connectivity index (χ3v) is 4.00. The third-order valence-electron chi connectivity index (χ3n) is 2.50. The summed E-state index contributed by atoms with van der Waals surface area (Å²) < 4.78 is 3.85. The molecule has 0 aliphatic carbocycles. The molecule has 3 aromatic rings. The summed E-state index contributed by atoms with van der Waals surface area (Å²) in [6, 6.07) is 7.69. The van der Waals surface area contributed by atoms with Crippen molar-refractivity contribution in [3.05, 3.63) is 47.2 Å². The second-order valence-electron chi connectivity index (χ2n) is 4.07. The van der Waals surface area contributed by atoms with Gasteiger partial charge in [-0.2, -0.15) is 0 Å². The van der Waals surface area contributed by atoms with E-state index in [0.29, 0.717) is 5.82 Å². The van der Waals surface area contributed by atoms with Crippen LogP contribution in [0.2, 0.25) is 0 Å². The fourth-order valence-corrected chi connectivity index (χ4v) is 3.02. The van der Waals surface area contributed by atoms with E-state index in [0.717, 1.165) is 27.9 Å². The highest BCUT2D eigenvalue weighted by molar-refractivity contribution is 7.98. The molecule has 3 rings (SSSR count). The number of thioether (sulfide) groups is 1. The Morgan fingerprint density at radius 1 is 1.25 bits per heavy atom. The van der Waals surface area contributed by atoms with E-state index in [2.05, 4.69) is 24.5 Å². The molecule has 5 nitrogen and oxygen atoms in total. The highest BCUT2D eigenvalue weighted by Crippen LogP contribution is 2.23. The summed E-state index contributed by atoms with van der Waals surface area (Å²) >= 11 is 2.99. The van der Waals surface area contributed by atoms with Gasteiger partial charge in [-0.05, 0) is 36.7 Å². The van der Waals surface area contributed by atoms with Gasteiger partial charge < -0.3 is 0 Å². The molecule has 0 spiro atoms. The van der Waals surface area contributed by atoms with Gasteiger partial charge in [0.15, 0.2) is 5.82 Å². The van der Waals surface area contributed by atoms with Gasteiger partial charge in [0, 0.05) is 23.0 Å². The first-order valence-electron chi connectivity index (χ1n) is 5.97. The summed E-state index contributed by atoms with van der Waals surface area (Å²) in [4.78, 5) is 13.3. The van der Waals surface area contributed by atoms with E-state index in [-0.39, 0.29) is 0 Å². The summed E-state index contributed by atoms with van der Waals surface area (Å²) in [5, 5.41) is 6.89. The molecule has 100 valence electrons. The minimum Gasteiger partial charge on any atom is -0.253 e. The molecule has 0 fully saturated rings. The van der Waals surface area contributed by atoms with Crippen molar-refractivity contribution in [3.8, 4) is 11.5 Å². The SMILES string of the molecule is Cc1cc(SCc2csnn2)nc(-c2ccccn2)n1.